The van der Waals surface area contributed by atoms with E-state index in [1.54, 1.807) is 0 Å². The van der Waals surface area contributed by atoms with E-state index in [2.05, 4.69) is 21.5 Å². The largest absolute Gasteiger partial charge is 0.382 e. The topological polar surface area (TPSA) is 106 Å². The number of hydrogen-bond acceptors (Lipinski definition) is 5. The van der Waals surface area contributed by atoms with Gasteiger partial charge in [0.05, 0.1) is 0 Å². The third-order valence-corrected chi connectivity index (χ3v) is 7.29. The summed E-state index contributed by atoms with van der Waals surface area (Å²) in [7, 11) is 0. The Morgan fingerprint density at radius 3 is 2.42 bits per heavy atom. The summed E-state index contributed by atoms with van der Waals surface area (Å²) in [6, 6.07) is 9.92. The van der Waals surface area contributed by atoms with Crippen LogP contribution in [0.3, 0.4) is 0 Å². The summed E-state index contributed by atoms with van der Waals surface area (Å²) in [5.74, 6) is 0.832. The molecule has 3 aromatic rings. The molecule has 190 valence electrons. The van der Waals surface area contributed by atoms with Crippen LogP contribution in [0.2, 0.25) is 0 Å². The molecule has 36 heavy (non-hydrogen) atoms. The lowest BCUT2D eigenvalue weighted by Gasteiger charge is -2.33. The molecule has 2 amide bonds. The first kappa shape index (κ1) is 25.4. The van der Waals surface area contributed by atoms with Crippen molar-refractivity contribution in [3.05, 3.63) is 53.5 Å². The number of anilines is 2. The standard InChI is InChI=1S/C28H36N6O2/c1-6-18(4)19(5)27(35)32-22-9-7-20(8-10-22)23-15-24(34-25(23)26(29)30-16-31-34)21-11-13-33(14-12-21)28(36)17(2)3/h7-10,15-17,21H,6,11-14H2,1-5H3,(H,32,35)(H2,29,30,31)/b19-18-. The van der Waals surface area contributed by atoms with Gasteiger partial charge < -0.3 is 16.0 Å². The van der Waals surface area contributed by atoms with Gasteiger partial charge in [0.25, 0.3) is 5.91 Å². The number of allylic oxidation sites excluding steroid dienone is 1. The van der Waals surface area contributed by atoms with Gasteiger partial charge in [0.1, 0.15) is 11.8 Å². The fraction of sp³-hybridized carbons (Fsp3) is 0.429. The first-order valence-corrected chi connectivity index (χ1v) is 12.7. The van der Waals surface area contributed by atoms with E-state index >= 15 is 0 Å². The maximum absolute atomic E-state index is 12.5. The highest BCUT2D eigenvalue weighted by Crippen LogP contribution is 2.37. The predicted octanol–water partition coefficient (Wildman–Crippen LogP) is 5.03. The lowest BCUT2D eigenvalue weighted by molar-refractivity contribution is -0.135. The number of nitrogen functional groups attached to an aromatic ring is 1. The number of aromatic nitrogens is 3. The van der Waals surface area contributed by atoms with Crippen LogP contribution in [0.25, 0.3) is 16.6 Å². The van der Waals surface area contributed by atoms with E-state index in [0.29, 0.717) is 5.82 Å². The Labute approximate surface area is 212 Å². The first-order chi connectivity index (χ1) is 17.2. The summed E-state index contributed by atoms with van der Waals surface area (Å²) >= 11 is 0. The van der Waals surface area contributed by atoms with Crippen molar-refractivity contribution >= 4 is 28.8 Å². The molecule has 8 heteroatoms. The van der Waals surface area contributed by atoms with E-state index in [0.717, 1.165) is 71.5 Å². The van der Waals surface area contributed by atoms with Gasteiger partial charge in [-0.3, -0.25) is 9.59 Å². The van der Waals surface area contributed by atoms with Crippen LogP contribution in [0, 0.1) is 5.92 Å². The van der Waals surface area contributed by atoms with Gasteiger partial charge in [0.2, 0.25) is 5.91 Å². The number of fused-ring (bicyclic) bond motifs is 1. The number of benzene rings is 1. The second-order valence-corrected chi connectivity index (χ2v) is 9.93. The van der Waals surface area contributed by atoms with Gasteiger partial charge in [-0.25, -0.2) is 9.50 Å². The highest BCUT2D eigenvalue weighted by atomic mass is 16.2. The molecule has 4 rings (SSSR count). The number of rotatable bonds is 6. The predicted molar refractivity (Wildman–Crippen MR) is 144 cm³/mol. The first-order valence-electron chi connectivity index (χ1n) is 12.7. The fourth-order valence-electron chi connectivity index (χ4n) is 4.78. The number of amides is 2. The molecule has 0 saturated carbocycles. The van der Waals surface area contributed by atoms with Crippen LogP contribution in [0.5, 0.6) is 0 Å². The fourth-order valence-corrected chi connectivity index (χ4v) is 4.78. The minimum Gasteiger partial charge on any atom is -0.382 e. The number of likely N-dealkylation sites (tertiary alicyclic amines) is 1. The molecular formula is C28H36N6O2. The van der Waals surface area contributed by atoms with Gasteiger partial charge >= 0.3 is 0 Å². The van der Waals surface area contributed by atoms with Crippen molar-refractivity contribution in [2.75, 3.05) is 24.1 Å². The van der Waals surface area contributed by atoms with Gasteiger partial charge in [0, 0.05) is 47.4 Å². The van der Waals surface area contributed by atoms with Crippen molar-refractivity contribution in [2.45, 2.75) is 59.8 Å². The monoisotopic (exact) mass is 488 g/mol. The normalized spacial score (nSPS) is 15.3. The Balaban J connectivity index is 1.61. The van der Waals surface area contributed by atoms with E-state index in [-0.39, 0.29) is 23.7 Å². The zero-order valence-electron chi connectivity index (χ0n) is 21.8. The van der Waals surface area contributed by atoms with E-state index < -0.39 is 0 Å². The maximum atomic E-state index is 12.5. The number of carbonyl (C=O) groups excluding carboxylic acids is 2. The highest BCUT2D eigenvalue weighted by Gasteiger charge is 2.28. The number of nitrogens with two attached hydrogens (primary N) is 1. The summed E-state index contributed by atoms with van der Waals surface area (Å²) < 4.78 is 1.90. The molecule has 0 spiro atoms. The number of piperidine rings is 1. The van der Waals surface area contributed by atoms with Crippen LogP contribution >= 0.6 is 0 Å². The molecule has 1 saturated heterocycles. The van der Waals surface area contributed by atoms with Crippen molar-refractivity contribution in [3.8, 4) is 11.1 Å². The summed E-state index contributed by atoms with van der Waals surface area (Å²) in [5.41, 5.74) is 12.7. The van der Waals surface area contributed by atoms with Gasteiger partial charge in [-0.2, -0.15) is 5.10 Å². The molecular weight excluding hydrogens is 452 g/mol. The van der Waals surface area contributed by atoms with E-state index in [9.17, 15) is 9.59 Å². The molecule has 0 atom stereocenters. The second kappa shape index (κ2) is 10.5. The smallest absolute Gasteiger partial charge is 0.251 e. The molecule has 0 bridgehead atoms. The minimum atomic E-state index is -0.0846. The van der Waals surface area contributed by atoms with Gasteiger partial charge in [-0.05, 0) is 56.9 Å². The van der Waals surface area contributed by atoms with Crippen molar-refractivity contribution in [1.82, 2.24) is 19.5 Å². The quantitative estimate of drug-likeness (QED) is 0.474. The van der Waals surface area contributed by atoms with Crippen LogP contribution in [-0.4, -0.2) is 44.4 Å². The van der Waals surface area contributed by atoms with Gasteiger partial charge in [0.15, 0.2) is 5.82 Å². The Hall–Kier alpha value is -3.68. The SMILES string of the molecule is CC/C(C)=C(/C)C(=O)Nc1ccc(-c2cc(C3CCN(C(=O)C(C)C)CC3)n3ncnc(N)c23)cc1. The van der Waals surface area contributed by atoms with Crippen LogP contribution in [-0.2, 0) is 9.59 Å². The number of nitrogens with zero attached hydrogens (tertiary/aromatic N) is 4. The molecule has 0 unspecified atom stereocenters. The molecule has 1 fully saturated rings. The van der Waals surface area contributed by atoms with Crippen molar-refractivity contribution < 1.29 is 9.59 Å². The number of hydrogen-bond donors (Lipinski definition) is 2. The third kappa shape index (κ3) is 4.98. The van der Waals surface area contributed by atoms with Crippen LogP contribution in [0.4, 0.5) is 11.5 Å². The zero-order valence-corrected chi connectivity index (χ0v) is 21.8. The Morgan fingerprint density at radius 2 is 1.81 bits per heavy atom. The lowest BCUT2D eigenvalue weighted by Crippen LogP contribution is -2.40. The molecule has 0 aliphatic carbocycles. The summed E-state index contributed by atoms with van der Waals surface area (Å²) in [4.78, 5) is 31.2. The molecule has 1 aliphatic rings. The lowest BCUT2D eigenvalue weighted by atomic mass is 9.92. The average Bonchev–Trinajstić information content (AvgIpc) is 3.28. The summed E-state index contributed by atoms with van der Waals surface area (Å²) in [6.07, 6.45) is 4.09. The summed E-state index contributed by atoms with van der Waals surface area (Å²) in [5, 5.41) is 7.51. The average molecular weight is 489 g/mol. The maximum Gasteiger partial charge on any atom is 0.251 e. The molecule has 3 N–H and O–H groups in total. The third-order valence-electron chi connectivity index (χ3n) is 7.29. The van der Waals surface area contributed by atoms with E-state index in [1.165, 1.54) is 6.33 Å². The van der Waals surface area contributed by atoms with Gasteiger partial charge in [-0.1, -0.05) is 38.5 Å². The Kier molecular flexibility index (Phi) is 7.43. The van der Waals surface area contributed by atoms with Crippen molar-refractivity contribution in [1.29, 1.82) is 0 Å². The van der Waals surface area contributed by atoms with Crippen LogP contribution < -0.4 is 11.1 Å². The molecule has 1 aromatic carbocycles. The second-order valence-electron chi connectivity index (χ2n) is 9.93. The Bertz CT molecular complexity index is 1300. The zero-order chi connectivity index (χ0) is 26.0. The van der Waals surface area contributed by atoms with E-state index in [1.807, 2.05) is 68.3 Å². The summed E-state index contributed by atoms with van der Waals surface area (Å²) in [6.45, 7) is 11.2. The number of nitrogens with one attached hydrogen (secondary N) is 1. The van der Waals surface area contributed by atoms with Crippen LogP contribution in [0.15, 0.2) is 47.8 Å². The Morgan fingerprint density at radius 1 is 1.14 bits per heavy atom. The molecule has 3 heterocycles. The number of carbonyl (C=O) groups is 2. The molecule has 1 aliphatic heterocycles. The molecule has 8 nitrogen and oxygen atoms in total. The molecule has 2 aromatic heterocycles. The van der Waals surface area contributed by atoms with Crippen molar-refractivity contribution in [2.24, 2.45) is 5.92 Å². The van der Waals surface area contributed by atoms with Crippen molar-refractivity contribution in [3.63, 3.8) is 0 Å². The van der Waals surface area contributed by atoms with E-state index in [4.69, 9.17) is 5.73 Å². The minimum absolute atomic E-state index is 0.0122. The van der Waals surface area contributed by atoms with Gasteiger partial charge in [-0.15, -0.1) is 0 Å². The molecule has 0 radical (unpaired) electrons. The highest BCUT2D eigenvalue weighted by molar-refractivity contribution is 6.04. The van der Waals surface area contributed by atoms with Crippen LogP contribution in [0.1, 0.15) is 65.5 Å².